The van der Waals surface area contributed by atoms with Crippen molar-refractivity contribution in [3.8, 4) is 0 Å². The van der Waals surface area contributed by atoms with E-state index in [1.54, 1.807) is 12.1 Å². The molecule has 3 aromatic rings. The first-order chi connectivity index (χ1) is 13.6. The number of rotatable bonds is 7. The Hall–Kier alpha value is -2.33. The fourth-order valence-electron chi connectivity index (χ4n) is 2.57. The summed E-state index contributed by atoms with van der Waals surface area (Å²) in [5.41, 5.74) is 1.59. The molecule has 2 N–H and O–H groups in total. The Morgan fingerprint density at radius 1 is 1.14 bits per heavy atom. The van der Waals surface area contributed by atoms with Crippen molar-refractivity contribution in [1.29, 1.82) is 0 Å². The van der Waals surface area contributed by atoms with Gasteiger partial charge in [-0.1, -0.05) is 30.3 Å². The van der Waals surface area contributed by atoms with Crippen LogP contribution < -0.4 is 5.32 Å². The van der Waals surface area contributed by atoms with Gasteiger partial charge >= 0.3 is 5.97 Å². The molecule has 3 rings (SSSR count). The number of hydrogen-bond acceptors (Lipinski definition) is 5. The molecule has 8 heteroatoms. The Kier molecular flexibility index (Phi) is 7.10. The molecular weight excluding hydrogens is 489 g/mol. The van der Waals surface area contributed by atoms with Crippen LogP contribution in [0.15, 0.2) is 67.1 Å². The van der Waals surface area contributed by atoms with Crippen molar-refractivity contribution in [2.45, 2.75) is 11.5 Å². The van der Waals surface area contributed by atoms with Crippen LogP contribution in [0, 0.1) is 3.57 Å². The molecule has 0 aliphatic carbocycles. The van der Waals surface area contributed by atoms with Crippen molar-refractivity contribution in [2.75, 3.05) is 6.26 Å². The van der Waals surface area contributed by atoms with E-state index in [1.165, 1.54) is 24.3 Å². The van der Waals surface area contributed by atoms with Crippen LogP contribution in [0.3, 0.4) is 0 Å². The summed E-state index contributed by atoms with van der Waals surface area (Å²) in [6.07, 6.45) is 4.01. The maximum Gasteiger partial charge on any atom is 0.357 e. The number of amides is 1. The number of esters is 1. The fourth-order valence-corrected chi connectivity index (χ4v) is 3.61. The number of imidazole rings is 1. The zero-order valence-electron chi connectivity index (χ0n) is 15.0. The number of ether oxygens (including phenoxy) is 1. The SMILES string of the molecule is CSC(NC(=O)c1ccc(I)cc1)C(OC(=O)c1cnc[nH]1)c1ccccc1. The molecule has 6 nitrogen and oxygen atoms in total. The third-order valence-electron chi connectivity index (χ3n) is 3.99. The number of aromatic amines is 1. The maximum atomic E-state index is 12.7. The van der Waals surface area contributed by atoms with E-state index < -0.39 is 17.4 Å². The number of hydrogen-bond donors (Lipinski definition) is 2. The first kappa shape index (κ1) is 20.4. The molecule has 1 heterocycles. The van der Waals surface area contributed by atoms with Gasteiger partial charge in [-0.15, -0.1) is 11.8 Å². The number of H-pyrrole nitrogens is 1. The Morgan fingerprint density at radius 3 is 2.46 bits per heavy atom. The molecular formula is C20H18IN3O3S. The largest absolute Gasteiger partial charge is 0.450 e. The highest BCUT2D eigenvalue weighted by atomic mass is 127. The topological polar surface area (TPSA) is 84.1 Å². The van der Waals surface area contributed by atoms with E-state index in [0.29, 0.717) is 5.56 Å². The second kappa shape index (κ2) is 9.74. The third kappa shape index (κ3) is 5.14. The van der Waals surface area contributed by atoms with Crippen molar-refractivity contribution in [1.82, 2.24) is 15.3 Å². The van der Waals surface area contributed by atoms with Gasteiger partial charge in [-0.3, -0.25) is 4.79 Å². The average Bonchev–Trinajstić information content (AvgIpc) is 3.26. The summed E-state index contributed by atoms with van der Waals surface area (Å²) in [5.74, 6) is -0.761. The molecule has 0 fully saturated rings. The number of nitrogens with zero attached hydrogens (tertiary/aromatic N) is 1. The standard InChI is InChI=1S/C20H18IN3O3S/c1-28-19(24-18(25)14-7-9-15(21)10-8-14)17(13-5-3-2-4-6-13)27-20(26)16-11-22-12-23-16/h2-12,17,19H,1H3,(H,22,23)(H,24,25). The number of benzene rings is 2. The Labute approximate surface area is 180 Å². The van der Waals surface area contributed by atoms with E-state index >= 15 is 0 Å². The molecule has 1 aromatic heterocycles. The molecule has 144 valence electrons. The molecule has 2 unspecified atom stereocenters. The lowest BCUT2D eigenvalue weighted by atomic mass is 10.1. The van der Waals surface area contributed by atoms with Crippen LogP contribution in [-0.4, -0.2) is 33.5 Å². The Balaban J connectivity index is 1.83. The second-order valence-electron chi connectivity index (χ2n) is 5.84. The number of nitrogens with one attached hydrogen (secondary N) is 2. The van der Waals surface area contributed by atoms with Crippen molar-refractivity contribution < 1.29 is 14.3 Å². The van der Waals surface area contributed by atoms with E-state index in [0.717, 1.165) is 9.13 Å². The summed E-state index contributed by atoms with van der Waals surface area (Å²) in [7, 11) is 0. The van der Waals surface area contributed by atoms with Crippen LogP contribution in [0.25, 0.3) is 0 Å². The molecule has 2 atom stereocenters. The minimum absolute atomic E-state index is 0.228. The first-order valence-electron chi connectivity index (χ1n) is 8.42. The Morgan fingerprint density at radius 2 is 1.86 bits per heavy atom. The van der Waals surface area contributed by atoms with Crippen molar-refractivity contribution in [3.05, 3.63) is 87.5 Å². The van der Waals surface area contributed by atoms with Crippen molar-refractivity contribution in [2.24, 2.45) is 0 Å². The van der Waals surface area contributed by atoms with Gasteiger partial charge in [-0.25, -0.2) is 9.78 Å². The summed E-state index contributed by atoms with van der Waals surface area (Å²) in [6, 6.07) is 16.6. The number of halogens is 1. The van der Waals surface area contributed by atoms with Gasteiger partial charge in [0, 0.05) is 9.13 Å². The van der Waals surface area contributed by atoms with Gasteiger partial charge < -0.3 is 15.0 Å². The third-order valence-corrected chi connectivity index (χ3v) is 5.58. The van der Waals surface area contributed by atoms with Crippen LogP contribution in [0.4, 0.5) is 0 Å². The molecule has 0 bridgehead atoms. The molecule has 0 aliphatic heterocycles. The molecule has 2 aromatic carbocycles. The van der Waals surface area contributed by atoms with E-state index in [4.69, 9.17) is 4.74 Å². The number of carbonyl (C=O) groups is 2. The van der Waals surface area contributed by atoms with E-state index in [1.807, 2.05) is 48.7 Å². The van der Waals surface area contributed by atoms with Gasteiger partial charge in [0.25, 0.3) is 5.91 Å². The minimum Gasteiger partial charge on any atom is -0.450 e. The Bertz CT molecular complexity index is 918. The average molecular weight is 507 g/mol. The highest BCUT2D eigenvalue weighted by Gasteiger charge is 2.29. The van der Waals surface area contributed by atoms with Gasteiger partial charge in [-0.05, 0) is 58.7 Å². The highest BCUT2D eigenvalue weighted by molar-refractivity contribution is 14.1. The molecule has 0 spiro atoms. The van der Waals surface area contributed by atoms with Gasteiger partial charge in [0.1, 0.15) is 11.1 Å². The fraction of sp³-hybridized carbons (Fsp3) is 0.150. The number of aromatic nitrogens is 2. The van der Waals surface area contributed by atoms with Crippen LogP contribution in [0.2, 0.25) is 0 Å². The lowest BCUT2D eigenvalue weighted by Gasteiger charge is -2.27. The van der Waals surface area contributed by atoms with E-state index in [9.17, 15) is 9.59 Å². The predicted molar refractivity (Wildman–Crippen MR) is 117 cm³/mol. The van der Waals surface area contributed by atoms with Crippen LogP contribution >= 0.6 is 34.4 Å². The number of carbonyl (C=O) groups excluding carboxylic acids is 2. The summed E-state index contributed by atoms with van der Waals surface area (Å²) in [4.78, 5) is 31.8. The van der Waals surface area contributed by atoms with E-state index in [2.05, 4.69) is 37.9 Å². The lowest BCUT2D eigenvalue weighted by molar-refractivity contribution is 0.0261. The molecule has 0 aliphatic rings. The summed E-state index contributed by atoms with van der Waals surface area (Å²) in [6.45, 7) is 0. The van der Waals surface area contributed by atoms with Crippen LogP contribution in [-0.2, 0) is 4.74 Å². The predicted octanol–water partition coefficient (Wildman–Crippen LogP) is 4.03. The van der Waals surface area contributed by atoms with Crippen molar-refractivity contribution in [3.63, 3.8) is 0 Å². The van der Waals surface area contributed by atoms with E-state index in [-0.39, 0.29) is 11.6 Å². The number of thioether (sulfide) groups is 1. The van der Waals surface area contributed by atoms with Gasteiger partial charge in [0.15, 0.2) is 6.10 Å². The van der Waals surface area contributed by atoms with Gasteiger partial charge in [0.2, 0.25) is 0 Å². The molecule has 0 radical (unpaired) electrons. The second-order valence-corrected chi connectivity index (χ2v) is 8.06. The zero-order chi connectivity index (χ0) is 19.9. The zero-order valence-corrected chi connectivity index (χ0v) is 17.9. The molecule has 0 saturated heterocycles. The van der Waals surface area contributed by atoms with Gasteiger partial charge in [0.05, 0.1) is 12.5 Å². The summed E-state index contributed by atoms with van der Waals surface area (Å²) in [5, 5.41) is 2.50. The summed E-state index contributed by atoms with van der Waals surface area (Å²) < 4.78 is 6.79. The van der Waals surface area contributed by atoms with Crippen molar-refractivity contribution >= 4 is 46.2 Å². The van der Waals surface area contributed by atoms with Crippen LogP contribution in [0.5, 0.6) is 0 Å². The maximum absolute atomic E-state index is 12.7. The minimum atomic E-state index is -0.667. The van der Waals surface area contributed by atoms with Gasteiger partial charge in [-0.2, -0.15) is 0 Å². The summed E-state index contributed by atoms with van der Waals surface area (Å²) >= 11 is 3.59. The normalized spacial score (nSPS) is 12.8. The molecule has 0 saturated carbocycles. The lowest BCUT2D eigenvalue weighted by Crippen LogP contribution is -2.38. The monoisotopic (exact) mass is 507 g/mol. The smallest absolute Gasteiger partial charge is 0.357 e. The first-order valence-corrected chi connectivity index (χ1v) is 10.8. The molecule has 28 heavy (non-hydrogen) atoms. The van der Waals surface area contributed by atoms with Crippen LogP contribution in [0.1, 0.15) is 32.5 Å². The highest BCUT2D eigenvalue weighted by Crippen LogP contribution is 2.28. The molecule has 1 amide bonds. The quantitative estimate of drug-likeness (QED) is 0.287.